The average Bonchev–Trinajstić information content (AvgIpc) is 3.44. The van der Waals surface area contributed by atoms with E-state index in [-0.39, 0.29) is 12.2 Å². The van der Waals surface area contributed by atoms with Crippen molar-refractivity contribution in [3.8, 4) is 11.3 Å². The molecule has 9 heteroatoms. The van der Waals surface area contributed by atoms with Gasteiger partial charge in [-0.3, -0.25) is 9.36 Å². The number of esters is 1. The highest BCUT2D eigenvalue weighted by Gasteiger charge is 2.33. The molecule has 0 aliphatic carbocycles. The first kappa shape index (κ1) is 24.3. The summed E-state index contributed by atoms with van der Waals surface area (Å²) in [6.07, 6.45) is 1.69. The number of furan rings is 1. The number of aromatic nitrogens is 1. The number of carbonyl (C=O) groups excluding carboxylic acids is 1. The third kappa shape index (κ3) is 4.57. The van der Waals surface area contributed by atoms with Crippen molar-refractivity contribution >= 4 is 46.6 Å². The predicted molar refractivity (Wildman–Crippen MR) is 141 cm³/mol. The van der Waals surface area contributed by atoms with Crippen molar-refractivity contribution in [3.63, 3.8) is 0 Å². The molecule has 0 unspecified atom stereocenters. The number of thiazole rings is 1. The molecule has 4 aromatic rings. The molecule has 2 aromatic carbocycles. The fraction of sp³-hybridized carbons (Fsp3) is 0.148. The van der Waals surface area contributed by atoms with Crippen molar-refractivity contribution < 1.29 is 13.9 Å². The molecule has 1 aliphatic heterocycles. The Balaban J connectivity index is 1.63. The molecule has 0 fully saturated rings. The minimum atomic E-state index is -0.694. The molecule has 36 heavy (non-hydrogen) atoms. The normalized spacial score (nSPS) is 15.6. The van der Waals surface area contributed by atoms with Crippen molar-refractivity contribution in [1.82, 2.24) is 4.57 Å². The third-order valence-corrected chi connectivity index (χ3v) is 7.22. The number of rotatable bonds is 5. The average molecular weight is 539 g/mol. The molecule has 5 rings (SSSR count). The zero-order valence-corrected chi connectivity index (χ0v) is 21.7. The van der Waals surface area contributed by atoms with E-state index in [9.17, 15) is 9.59 Å². The summed E-state index contributed by atoms with van der Waals surface area (Å²) in [6, 6.07) is 17.3. The van der Waals surface area contributed by atoms with Crippen LogP contribution in [0.15, 0.2) is 86.1 Å². The minimum absolute atomic E-state index is 0.210. The quantitative estimate of drug-likeness (QED) is 0.320. The molecule has 1 atom stereocenters. The van der Waals surface area contributed by atoms with Crippen molar-refractivity contribution in [2.75, 3.05) is 6.61 Å². The van der Waals surface area contributed by atoms with E-state index in [0.717, 1.165) is 11.1 Å². The van der Waals surface area contributed by atoms with Gasteiger partial charge in [0.1, 0.15) is 11.5 Å². The number of ether oxygens (including phenoxy) is 1. The van der Waals surface area contributed by atoms with Crippen molar-refractivity contribution in [2.45, 2.75) is 19.9 Å². The lowest BCUT2D eigenvalue weighted by Gasteiger charge is -2.24. The fourth-order valence-corrected chi connectivity index (χ4v) is 5.36. The Morgan fingerprint density at radius 2 is 1.75 bits per heavy atom. The number of hydrogen-bond donors (Lipinski definition) is 0. The lowest BCUT2D eigenvalue weighted by Crippen LogP contribution is -2.39. The maximum Gasteiger partial charge on any atom is 0.338 e. The van der Waals surface area contributed by atoms with Crippen LogP contribution in [0.2, 0.25) is 10.0 Å². The SMILES string of the molecule is CCOC(=O)C1=C(C)N=c2s/c(=C\c3ccc(-c4ccc(Cl)cc4)o3)c(=O)n2[C@@H]1c1ccc(Cl)cc1. The van der Waals surface area contributed by atoms with E-state index in [1.165, 1.54) is 15.9 Å². The van der Waals surface area contributed by atoms with E-state index in [1.807, 2.05) is 18.2 Å². The van der Waals surface area contributed by atoms with Gasteiger partial charge in [-0.05, 0) is 67.9 Å². The molecular formula is C27H20Cl2N2O4S. The summed E-state index contributed by atoms with van der Waals surface area (Å²) < 4.78 is 13.2. The molecule has 0 radical (unpaired) electrons. The second-order valence-electron chi connectivity index (χ2n) is 8.06. The Hall–Kier alpha value is -3.39. The summed E-state index contributed by atoms with van der Waals surface area (Å²) in [6.45, 7) is 3.70. The first-order chi connectivity index (χ1) is 17.4. The van der Waals surface area contributed by atoms with Crippen LogP contribution in [0.3, 0.4) is 0 Å². The number of benzene rings is 2. The Morgan fingerprint density at radius 1 is 1.08 bits per heavy atom. The highest BCUT2D eigenvalue weighted by atomic mass is 35.5. The van der Waals surface area contributed by atoms with Gasteiger partial charge in [0, 0.05) is 21.7 Å². The van der Waals surface area contributed by atoms with E-state index < -0.39 is 12.0 Å². The topological polar surface area (TPSA) is 73.8 Å². The van der Waals surface area contributed by atoms with E-state index in [4.69, 9.17) is 32.4 Å². The lowest BCUT2D eigenvalue weighted by molar-refractivity contribution is -0.139. The number of hydrogen-bond acceptors (Lipinski definition) is 6. The molecule has 3 heterocycles. The Morgan fingerprint density at radius 3 is 2.42 bits per heavy atom. The molecule has 0 N–H and O–H groups in total. The van der Waals surface area contributed by atoms with Crippen LogP contribution in [0.5, 0.6) is 0 Å². The molecule has 0 amide bonds. The van der Waals surface area contributed by atoms with E-state index in [1.54, 1.807) is 62.4 Å². The largest absolute Gasteiger partial charge is 0.463 e. The Kier molecular flexibility index (Phi) is 6.71. The van der Waals surface area contributed by atoms with Crippen molar-refractivity contribution in [1.29, 1.82) is 0 Å². The Labute approximate surface area is 220 Å². The smallest absolute Gasteiger partial charge is 0.338 e. The molecular weight excluding hydrogens is 519 g/mol. The third-order valence-electron chi connectivity index (χ3n) is 5.73. The summed E-state index contributed by atoms with van der Waals surface area (Å²) in [7, 11) is 0. The zero-order chi connectivity index (χ0) is 25.4. The molecule has 6 nitrogen and oxygen atoms in total. The van der Waals surface area contributed by atoms with Gasteiger partial charge in [-0.25, -0.2) is 9.79 Å². The fourth-order valence-electron chi connectivity index (χ4n) is 4.08. The summed E-state index contributed by atoms with van der Waals surface area (Å²) in [4.78, 5) is 31.6. The minimum Gasteiger partial charge on any atom is -0.463 e. The first-order valence-corrected chi connectivity index (χ1v) is 12.7. The number of halogens is 2. The number of carbonyl (C=O) groups is 1. The summed E-state index contributed by atoms with van der Waals surface area (Å²) in [5.41, 5.74) is 2.15. The van der Waals surface area contributed by atoms with Crippen LogP contribution in [-0.4, -0.2) is 17.1 Å². The van der Waals surface area contributed by atoms with Gasteiger partial charge >= 0.3 is 5.97 Å². The van der Waals surface area contributed by atoms with E-state index in [2.05, 4.69) is 4.99 Å². The molecule has 1 aliphatic rings. The maximum absolute atomic E-state index is 13.6. The van der Waals surface area contributed by atoms with Crippen LogP contribution in [-0.2, 0) is 9.53 Å². The predicted octanol–water partition coefficient (Wildman–Crippen LogP) is 5.37. The molecule has 0 saturated carbocycles. The first-order valence-electron chi connectivity index (χ1n) is 11.2. The zero-order valence-electron chi connectivity index (χ0n) is 19.3. The summed E-state index contributed by atoms with van der Waals surface area (Å²) in [5, 5.41) is 1.19. The van der Waals surface area contributed by atoms with Crippen LogP contribution < -0.4 is 14.9 Å². The Bertz CT molecular complexity index is 1660. The van der Waals surface area contributed by atoms with Gasteiger partial charge in [-0.15, -0.1) is 0 Å². The second kappa shape index (κ2) is 9.93. The van der Waals surface area contributed by atoms with Gasteiger partial charge in [-0.1, -0.05) is 46.7 Å². The summed E-state index contributed by atoms with van der Waals surface area (Å²) in [5.74, 6) is 0.673. The van der Waals surface area contributed by atoms with E-state index >= 15 is 0 Å². The van der Waals surface area contributed by atoms with Crippen LogP contribution >= 0.6 is 34.5 Å². The summed E-state index contributed by atoms with van der Waals surface area (Å²) >= 11 is 13.3. The number of fused-ring (bicyclic) bond motifs is 1. The standard InChI is InChI=1S/C27H20Cl2N2O4S/c1-3-34-26(33)23-15(2)30-27-31(24(23)17-6-10-19(29)11-7-17)25(32)22(36-27)14-20-12-13-21(35-20)16-4-8-18(28)9-5-16/h4-14,24H,3H2,1-2H3/b22-14-/t24-/m1/s1. The van der Waals surface area contributed by atoms with Crippen LogP contribution in [0, 0.1) is 0 Å². The highest BCUT2D eigenvalue weighted by Crippen LogP contribution is 2.31. The van der Waals surface area contributed by atoms with Gasteiger partial charge in [0.05, 0.1) is 28.5 Å². The lowest BCUT2D eigenvalue weighted by atomic mass is 9.96. The van der Waals surface area contributed by atoms with Gasteiger partial charge in [0.2, 0.25) is 0 Å². The monoisotopic (exact) mass is 538 g/mol. The number of nitrogens with zero attached hydrogens (tertiary/aromatic N) is 2. The molecule has 0 spiro atoms. The van der Waals surface area contributed by atoms with E-state index in [0.29, 0.717) is 42.2 Å². The van der Waals surface area contributed by atoms with Crippen LogP contribution in [0.25, 0.3) is 17.4 Å². The molecule has 0 bridgehead atoms. The van der Waals surface area contributed by atoms with Crippen LogP contribution in [0.4, 0.5) is 0 Å². The van der Waals surface area contributed by atoms with Gasteiger partial charge < -0.3 is 9.15 Å². The molecule has 182 valence electrons. The van der Waals surface area contributed by atoms with Gasteiger partial charge in [0.15, 0.2) is 4.80 Å². The second-order valence-corrected chi connectivity index (χ2v) is 9.94. The maximum atomic E-state index is 13.6. The van der Waals surface area contributed by atoms with Gasteiger partial charge in [-0.2, -0.15) is 0 Å². The molecule has 2 aromatic heterocycles. The molecule has 0 saturated heterocycles. The van der Waals surface area contributed by atoms with Gasteiger partial charge in [0.25, 0.3) is 5.56 Å². The van der Waals surface area contributed by atoms with Crippen LogP contribution in [0.1, 0.15) is 31.2 Å². The van der Waals surface area contributed by atoms with Crippen molar-refractivity contribution in [3.05, 3.63) is 113 Å². The highest BCUT2D eigenvalue weighted by molar-refractivity contribution is 7.07. The number of allylic oxidation sites excluding steroid dienone is 1. The van der Waals surface area contributed by atoms with Crippen molar-refractivity contribution in [2.24, 2.45) is 4.99 Å².